The van der Waals surface area contributed by atoms with E-state index in [4.69, 9.17) is 29.4 Å². The van der Waals surface area contributed by atoms with Crippen LogP contribution in [-0.4, -0.2) is 29.4 Å². The molecule has 76 valence electrons. The molecule has 0 aliphatic carbocycles. The Morgan fingerprint density at radius 1 is 0.455 bits per heavy atom. The van der Waals surface area contributed by atoms with Crippen molar-refractivity contribution in [2.75, 3.05) is 0 Å². The van der Waals surface area contributed by atoms with Crippen LogP contribution in [0.1, 0.15) is 0 Å². The average molecular weight is 266 g/mol. The molecular formula is H15O6P5. The Balaban J connectivity index is -0.0000000150. The molecule has 0 aromatic rings. The second kappa shape index (κ2) is 58.8. The molecule has 2 unspecified atom stereocenters. The lowest BCUT2D eigenvalue weighted by atomic mass is 15.9. The minimum Gasteiger partial charge on any atom is -0.352 e. The van der Waals surface area contributed by atoms with Crippen molar-refractivity contribution < 1.29 is 29.4 Å². The predicted octanol–water partition coefficient (Wildman–Crippen LogP) is -1.45. The summed E-state index contributed by atoms with van der Waals surface area (Å²) in [5.41, 5.74) is 0. The normalized spacial score (nSPS) is 4.91. The summed E-state index contributed by atoms with van der Waals surface area (Å²) < 4.78 is 0. The molecule has 0 heterocycles. The fourth-order valence-electron chi connectivity index (χ4n) is 0. The average Bonchev–Trinajstić information content (AvgIpc) is 1.70. The van der Waals surface area contributed by atoms with Crippen LogP contribution in [0.15, 0.2) is 0 Å². The maximum atomic E-state index is 7.15. The monoisotopic (exact) mass is 266 g/mol. The fourth-order valence-corrected chi connectivity index (χ4v) is 0. The highest BCUT2D eigenvalue weighted by molar-refractivity contribution is 7.24. The standard InChI is InChI=1S/3H3O2P.2H3P/c3*1-3-2;;/h3*1-3H;2*1H3. The Labute approximate surface area is 76.9 Å². The summed E-state index contributed by atoms with van der Waals surface area (Å²) in [6.45, 7) is 0. The minimum atomic E-state index is -0.917. The van der Waals surface area contributed by atoms with Gasteiger partial charge >= 0.3 is 0 Å². The Kier molecular flexibility index (Phi) is 156. The first kappa shape index (κ1) is 29.3. The van der Waals surface area contributed by atoms with Crippen LogP contribution in [0, 0.1) is 0 Å². The van der Waals surface area contributed by atoms with Gasteiger partial charge in [0.1, 0.15) is 27.1 Å². The van der Waals surface area contributed by atoms with Crippen LogP contribution in [-0.2, 0) is 0 Å². The quantitative estimate of drug-likeness (QED) is 0.298. The molecule has 0 aromatic carbocycles. The van der Waals surface area contributed by atoms with Gasteiger partial charge in [-0.15, -0.1) is 0 Å². The van der Waals surface area contributed by atoms with E-state index in [1.807, 2.05) is 0 Å². The maximum Gasteiger partial charge on any atom is 0.149 e. The molecule has 0 fully saturated rings. The SMILES string of the molecule is OPO.OPO.OPO.P.P. The van der Waals surface area contributed by atoms with Crippen LogP contribution < -0.4 is 0 Å². The Bertz CT molecular complexity index is 15.7. The lowest BCUT2D eigenvalue weighted by molar-refractivity contribution is 0.511. The van der Waals surface area contributed by atoms with Crippen molar-refractivity contribution in [1.29, 1.82) is 0 Å². The minimum absolute atomic E-state index is 0. The largest absolute Gasteiger partial charge is 0.352 e. The zero-order valence-electron chi connectivity index (χ0n) is 5.60. The van der Waals surface area contributed by atoms with E-state index in [2.05, 4.69) is 0 Å². The summed E-state index contributed by atoms with van der Waals surface area (Å²) in [5, 5.41) is 0. The maximum absolute atomic E-state index is 7.15. The smallest absolute Gasteiger partial charge is 0.149 e. The van der Waals surface area contributed by atoms with Gasteiger partial charge in [-0.25, -0.2) is 0 Å². The molecule has 0 radical (unpaired) electrons. The molecule has 0 aromatic heterocycles. The summed E-state index contributed by atoms with van der Waals surface area (Å²) in [6.07, 6.45) is 0. The number of hydrogen-bond acceptors (Lipinski definition) is 6. The highest BCUT2D eigenvalue weighted by Crippen LogP contribution is 1.82. The summed E-state index contributed by atoms with van der Waals surface area (Å²) in [4.78, 5) is 42.9. The Morgan fingerprint density at radius 3 is 0.455 bits per heavy atom. The van der Waals surface area contributed by atoms with Gasteiger partial charge in [0, 0.05) is 0 Å². The Hall–Kier alpha value is 1.91. The highest BCUT2D eigenvalue weighted by atomic mass is 31.1. The molecule has 0 saturated heterocycles. The fraction of sp³-hybridized carbons (Fsp3) is 0. The van der Waals surface area contributed by atoms with Gasteiger partial charge < -0.3 is 29.4 Å². The second-order valence-corrected chi connectivity index (χ2v) is 0.900. The van der Waals surface area contributed by atoms with Crippen LogP contribution in [0.3, 0.4) is 0 Å². The van der Waals surface area contributed by atoms with E-state index in [1.165, 1.54) is 0 Å². The van der Waals surface area contributed by atoms with Gasteiger partial charge in [0.2, 0.25) is 0 Å². The summed E-state index contributed by atoms with van der Waals surface area (Å²) >= 11 is 0. The molecule has 0 aliphatic heterocycles. The molecule has 0 saturated carbocycles. The topological polar surface area (TPSA) is 121 Å². The number of rotatable bonds is 0. The lowest BCUT2D eigenvalue weighted by Crippen LogP contribution is -1.24. The molecule has 11 heteroatoms. The van der Waals surface area contributed by atoms with Gasteiger partial charge in [-0.05, 0) is 0 Å². The van der Waals surface area contributed by atoms with E-state index < -0.39 is 27.1 Å². The zero-order valence-corrected chi connectivity index (χ0v) is 11.4. The van der Waals surface area contributed by atoms with Gasteiger partial charge in [-0.3, -0.25) is 0 Å². The molecule has 0 bridgehead atoms. The molecule has 6 N–H and O–H groups in total. The molecule has 11 heavy (non-hydrogen) atoms. The Morgan fingerprint density at radius 2 is 0.455 bits per heavy atom. The third kappa shape index (κ3) is 321. The van der Waals surface area contributed by atoms with Gasteiger partial charge in [0.25, 0.3) is 0 Å². The van der Waals surface area contributed by atoms with E-state index in [-0.39, 0.29) is 19.8 Å². The molecule has 2 atom stereocenters. The summed E-state index contributed by atoms with van der Waals surface area (Å²) in [5.74, 6) is 0. The first-order valence-corrected chi connectivity index (χ1v) is 4.02. The van der Waals surface area contributed by atoms with E-state index in [0.29, 0.717) is 0 Å². The van der Waals surface area contributed by atoms with Gasteiger partial charge in [-0.1, -0.05) is 0 Å². The highest BCUT2D eigenvalue weighted by Gasteiger charge is 1.34. The van der Waals surface area contributed by atoms with Crippen molar-refractivity contribution in [2.24, 2.45) is 0 Å². The van der Waals surface area contributed by atoms with Gasteiger partial charge in [0.05, 0.1) is 0 Å². The van der Waals surface area contributed by atoms with Crippen LogP contribution in [0.4, 0.5) is 0 Å². The zero-order chi connectivity index (χ0) is 8.12. The molecule has 0 amide bonds. The molecule has 0 rings (SSSR count). The van der Waals surface area contributed by atoms with Crippen molar-refractivity contribution >= 4 is 46.9 Å². The van der Waals surface area contributed by atoms with Crippen LogP contribution in [0.2, 0.25) is 0 Å². The van der Waals surface area contributed by atoms with E-state index in [9.17, 15) is 0 Å². The van der Waals surface area contributed by atoms with Crippen molar-refractivity contribution in [1.82, 2.24) is 0 Å². The molecule has 6 nitrogen and oxygen atoms in total. The summed E-state index contributed by atoms with van der Waals surface area (Å²) in [7, 11) is -2.75. The van der Waals surface area contributed by atoms with Crippen LogP contribution in [0.5, 0.6) is 0 Å². The first-order valence-electron chi connectivity index (χ1n) is 1.34. The van der Waals surface area contributed by atoms with Crippen LogP contribution in [0.25, 0.3) is 0 Å². The lowest BCUT2D eigenvalue weighted by Gasteiger charge is -1.54. The van der Waals surface area contributed by atoms with E-state index >= 15 is 0 Å². The van der Waals surface area contributed by atoms with Crippen molar-refractivity contribution in [3.8, 4) is 0 Å². The van der Waals surface area contributed by atoms with E-state index in [1.54, 1.807) is 0 Å². The molecule has 0 spiro atoms. The third-order valence-electron chi connectivity index (χ3n) is 0. The van der Waals surface area contributed by atoms with Crippen LogP contribution >= 0.6 is 46.9 Å². The van der Waals surface area contributed by atoms with Crippen molar-refractivity contribution in [3.63, 3.8) is 0 Å². The predicted molar refractivity (Wildman–Crippen MR) is 60.5 cm³/mol. The molecule has 0 aliphatic rings. The molecular weight excluding hydrogens is 251 g/mol. The summed E-state index contributed by atoms with van der Waals surface area (Å²) in [6, 6.07) is 0. The third-order valence-corrected chi connectivity index (χ3v) is 0. The van der Waals surface area contributed by atoms with Gasteiger partial charge in [0.15, 0.2) is 0 Å². The van der Waals surface area contributed by atoms with Gasteiger partial charge in [-0.2, -0.15) is 19.8 Å². The second-order valence-electron chi connectivity index (χ2n) is 0.300. The van der Waals surface area contributed by atoms with E-state index in [0.717, 1.165) is 0 Å². The first-order chi connectivity index (χ1) is 4.24. The van der Waals surface area contributed by atoms with Crippen molar-refractivity contribution in [3.05, 3.63) is 0 Å². The van der Waals surface area contributed by atoms with Crippen molar-refractivity contribution in [2.45, 2.75) is 0 Å². The number of hydrogen-bond donors (Lipinski definition) is 6.